The summed E-state index contributed by atoms with van der Waals surface area (Å²) in [5, 5.41) is 8.58. The summed E-state index contributed by atoms with van der Waals surface area (Å²) in [6.07, 6.45) is 0. The van der Waals surface area contributed by atoms with Crippen molar-refractivity contribution in [2.24, 2.45) is 16.1 Å². The zero-order chi connectivity index (χ0) is 14.4. The minimum absolute atomic E-state index is 0.309. The predicted molar refractivity (Wildman–Crippen MR) is 85.2 cm³/mol. The Hall–Kier alpha value is -2.10. The lowest BCUT2D eigenvalue weighted by molar-refractivity contribution is 0.656. The minimum Gasteiger partial charge on any atom is -0.397 e. The predicted octanol–water partition coefficient (Wildman–Crippen LogP) is 3.22. The third kappa shape index (κ3) is 1.68. The Bertz CT molecular complexity index is 654. The van der Waals surface area contributed by atoms with E-state index in [1.807, 2.05) is 25.1 Å². The van der Waals surface area contributed by atoms with Gasteiger partial charge in [-0.15, -0.1) is 0 Å². The molecular weight excluding hydrogens is 248 g/mol. The summed E-state index contributed by atoms with van der Waals surface area (Å²) >= 11 is 0. The van der Waals surface area contributed by atoms with Crippen LogP contribution in [0.25, 0.3) is 0 Å². The van der Waals surface area contributed by atoms with Crippen LogP contribution in [0.15, 0.2) is 45.7 Å². The molecular formula is C16H20N4. The Kier molecular flexibility index (Phi) is 2.89. The molecule has 0 saturated carbocycles. The van der Waals surface area contributed by atoms with E-state index in [1.165, 1.54) is 11.3 Å². The van der Waals surface area contributed by atoms with Gasteiger partial charge in [-0.05, 0) is 39.8 Å². The molecule has 2 N–H and O–H groups in total. The van der Waals surface area contributed by atoms with Crippen LogP contribution in [0.1, 0.15) is 27.7 Å². The Morgan fingerprint density at radius 2 is 1.80 bits per heavy atom. The van der Waals surface area contributed by atoms with Crippen molar-refractivity contribution in [1.82, 2.24) is 0 Å². The molecule has 0 radical (unpaired) electrons. The molecule has 2 aliphatic rings. The standard InChI is InChI=1S/C16H20N4/c1-9-15-11(3)20(14-8-6-5-7-13(14)17)12(4)16(15)10(2)19-18-9/h5-8,11,15H,17H2,1-4H3. The summed E-state index contributed by atoms with van der Waals surface area (Å²) in [5.74, 6) is 0.312. The van der Waals surface area contributed by atoms with Crippen LogP contribution in [-0.4, -0.2) is 17.5 Å². The number of hydrogen-bond donors (Lipinski definition) is 1. The molecule has 2 unspecified atom stereocenters. The van der Waals surface area contributed by atoms with Crippen molar-refractivity contribution in [3.05, 3.63) is 35.5 Å². The molecule has 0 amide bonds. The van der Waals surface area contributed by atoms with Crippen LogP contribution >= 0.6 is 0 Å². The molecule has 20 heavy (non-hydrogen) atoms. The first-order valence-electron chi connectivity index (χ1n) is 6.96. The molecule has 3 rings (SSSR count). The van der Waals surface area contributed by atoms with Crippen molar-refractivity contribution < 1.29 is 0 Å². The molecule has 2 heterocycles. The van der Waals surface area contributed by atoms with E-state index in [1.54, 1.807) is 0 Å². The second-order valence-corrected chi connectivity index (χ2v) is 5.57. The normalized spacial score (nSPS) is 25.5. The van der Waals surface area contributed by atoms with Gasteiger partial charge in [-0.25, -0.2) is 0 Å². The number of nitrogen functional groups attached to an aromatic ring is 1. The van der Waals surface area contributed by atoms with Gasteiger partial charge in [0.05, 0.1) is 17.1 Å². The van der Waals surface area contributed by atoms with Gasteiger partial charge < -0.3 is 10.6 Å². The highest BCUT2D eigenvalue weighted by atomic mass is 15.3. The zero-order valence-electron chi connectivity index (χ0n) is 12.4. The molecule has 104 valence electrons. The third-order valence-electron chi connectivity index (χ3n) is 4.35. The lowest BCUT2D eigenvalue weighted by Gasteiger charge is -2.30. The van der Waals surface area contributed by atoms with E-state index in [0.717, 1.165) is 22.8 Å². The van der Waals surface area contributed by atoms with Crippen LogP contribution in [0.3, 0.4) is 0 Å². The molecule has 0 spiro atoms. The largest absolute Gasteiger partial charge is 0.397 e. The number of rotatable bonds is 1. The van der Waals surface area contributed by atoms with Gasteiger partial charge >= 0.3 is 0 Å². The second-order valence-electron chi connectivity index (χ2n) is 5.57. The number of allylic oxidation sites excluding steroid dienone is 1. The SMILES string of the molecule is CC1=NN=C(C)C2C1=C(C)N(c1ccccc1N)C2C. The maximum atomic E-state index is 6.16. The van der Waals surface area contributed by atoms with Crippen molar-refractivity contribution >= 4 is 22.8 Å². The lowest BCUT2D eigenvalue weighted by atomic mass is 9.87. The molecule has 0 saturated heterocycles. The monoisotopic (exact) mass is 268 g/mol. The number of hydrogen-bond acceptors (Lipinski definition) is 4. The molecule has 4 nitrogen and oxygen atoms in total. The van der Waals surface area contributed by atoms with Crippen LogP contribution in [-0.2, 0) is 0 Å². The fraction of sp³-hybridized carbons (Fsp3) is 0.375. The highest BCUT2D eigenvalue weighted by Crippen LogP contribution is 2.42. The summed E-state index contributed by atoms with van der Waals surface area (Å²) in [5.41, 5.74) is 12.7. The van der Waals surface area contributed by atoms with Crippen LogP contribution in [0.4, 0.5) is 11.4 Å². The molecule has 0 fully saturated rings. The molecule has 1 aromatic carbocycles. The minimum atomic E-state index is 0.309. The lowest BCUT2D eigenvalue weighted by Crippen LogP contribution is -2.35. The van der Waals surface area contributed by atoms with E-state index in [9.17, 15) is 0 Å². The van der Waals surface area contributed by atoms with Crippen molar-refractivity contribution in [3.8, 4) is 0 Å². The van der Waals surface area contributed by atoms with E-state index < -0.39 is 0 Å². The Morgan fingerprint density at radius 3 is 2.45 bits per heavy atom. The van der Waals surface area contributed by atoms with E-state index in [0.29, 0.717) is 12.0 Å². The number of nitrogens with two attached hydrogens (primary N) is 1. The highest BCUT2D eigenvalue weighted by Gasteiger charge is 2.41. The average molecular weight is 268 g/mol. The summed E-state index contributed by atoms with van der Waals surface area (Å²) in [4.78, 5) is 2.32. The van der Waals surface area contributed by atoms with Crippen molar-refractivity contribution in [1.29, 1.82) is 0 Å². The average Bonchev–Trinajstić information content (AvgIpc) is 2.68. The molecule has 0 bridgehead atoms. The molecule has 4 heteroatoms. The van der Waals surface area contributed by atoms with E-state index >= 15 is 0 Å². The number of para-hydroxylation sites is 2. The van der Waals surface area contributed by atoms with Gasteiger partial charge in [0.25, 0.3) is 0 Å². The summed E-state index contributed by atoms with van der Waals surface area (Å²) in [6, 6.07) is 8.33. The van der Waals surface area contributed by atoms with Crippen molar-refractivity contribution in [3.63, 3.8) is 0 Å². The van der Waals surface area contributed by atoms with Crippen LogP contribution < -0.4 is 10.6 Å². The molecule has 0 aliphatic carbocycles. The number of benzene rings is 1. The highest BCUT2D eigenvalue weighted by molar-refractivity contribution is 6.09. The number of anilines is 2. The number of fused-ring (bicyclic) bond motifs is 1. The smallest absolute Gasteiger partial charge is 0.0656 e. The summed E-state index contributed by atoms with van der Waals surface area (Å²) < 4.78 is 0. The summed E-state index contributed by atoms with van der Waals surface area (Å²) in [6.45, 7) is 8.47. The topological polar surface area (TPSA) is 54.0 Å². The van der Waals surface area contributed by atoms with Gasteiger partial charge in [0, 0.05) is 28.9 Å². The van der Waals surface area contributed by atoms with Crippen molar-refractivity contribution in [2.45, 2.75) is 33.7 Å². The fourth-order valence-corrected chi connectivity index (χ4v) is 3.47. The van der Waals surface area contributed by atoms with Crippen LogP contribution in [0.2, 0.25) is 0 Å². The van der Waals surface area contributed by atoms with Gasteiger partial charge in [0.15, 0.2) is 0 Å². The number of nitrogens with zero attached hydrogens (tertiary/aromatic N) is 3. The van der Waals surface area contributed by atoms with E-state index in [-0.39, 0.29) is 0 Å². The third-order valence-corrected chi connectivity index (χ3v) is 4.35. The fourth-order valence-electron chi connectivity index (χ4n) is 3.47. The first-order valence-corrected chi connectivity index (χ1v) is 6.96. The maximum Gasteiger partial charge on any atom is 0.0656 e. The maximum absolute atomic E-state index is 6.16. The van der Waals surface area contributed by atoms with Gasteiger partial charge in [-0.3, -0.25) is 0 Å². The zero-order valence-corrected chi connectivity index (χ0v) is 12.4. The molecule has 0 aromatic heterocycles. The molecule has 2 atom stereocenters. The Morgan fingerprint density at radius 1 is 1.10 bits per heavy atom. The first-order chi connectivity index (χ1) is 9.52. The first kappa shape index (κ1) is 12.9. The van der Waals surface area contributed by atoms with Gasteiger partial charge in [0.2, 0.25) is 0 Å². The second kappa shape index (κ2) is 4.47. The Labute approximate surface area is 119 Å². The van der Waals surface area contributed by atoms with E-state index in [2.05, 4.69) is 41.9 Å². The van der Waals surface area contributed by atoms with Gasteiger partial charge in [0.1, 0.15) is 0 Å². The van der Waals surface area contributed by atoms with Crippen LogP contribution in [0.5, 0.6) is 0 Å². The van der Waals surface area contributed by atoms with Gasteiger partial charge in [-0.1, -0.05) is 12.1 Å². The van der Waals surface area contributed by atoms with E-state index in [4.69, 9.17) is 5.73 Å². The molecule has 1 aromatic rings. The van der Waals surface area contributed by atoms with Crippen molar-refractivity contribution in [2.75, 3.05) is 10.6 Å². The van der Waals surface area contributed by atoms with Gasteiger partial charge in [-0.2, -0.15) is 10.2 Å². The molecule has 2 aliphatic heterocycles. The summed E-state index contributed by atoms with van der Waals surface area (Å²) in [7, 11) is 0. The Balaban J connectivity index is 2.15. The van der Waals surface area contributed by atoms with Crippen LogP contribution in [0, 0.1) is 5.92 Å². The quantitative estimate of drug-likeness (QED) is 0.795.